The average molecular weight is 358 g/mol. The van der Waals surface area contributed by atoms with Gasteiger partial charge in [0.05, 0.1) is 14.2 Å². The number of hydrogen-bond acceptors (Lipinski definition) is 6. The summed E-state index contributed by atoms with van der Waals surface area (Å²) in [5.74, 6) is 4.63. The summed E-state index contributed by atoms with van der Waals surface area (Å²) >= 11 is 0. The summed E-state index contributed by atoms with van der Waals surface area (Å²) in [5.41, 5.74) is 1.18. The molecule has 0 fully saturated rings. The molecule has 0 saturated carbocycles. The zero-order valence-electron chi connectivity index (χ0n) is 16.4. The molecule has 6 heteroatoms. The third-order valence-corrected chi connectivity index (χ3v) is 4.03. The van der Waals surface area contributed by atoms with Crippen molar-refractivity contribution in [2.24, 2.45) is 5.92 Å². The van der Waals surface area contributed by atoms with E-state index in [1.165, 1.54) is 5.56 Å². The molecular weight excluding hydrogens is 328 g/mol. The molecule has 0 saturated heterocycles. The molecule has 0 unspecified atom stereocenters. The summed E-state index contributed by atoms with van der Waals surface area (Å²) in [7, 11) is 3.29. The standard InChI is InChI=1S/C20H30N4O2/c1-14(2)8-10-21-19-13-20(24-15(3)23-19)22-11-9-16-6-7-17(25-4)18(12-16)26-5/h6-7,12-14H,8-11H2,1-5H3,(H2,21,22,23,24). The molecular formula is C20H30N4O2. The molecule has 2 aromatic rings. The SMILES string of the molecule is COc1ccc(CCNc2cc(NCCC(C)C)nc(C)n2)cc1OC. The van der Waals surface area contributed by atoms with Crippen molar-refractivity contribution in [1.29, 1.82) is 0 Å². The predicted octanol–water partition coefficient (Wildman–Crippen LogP) is 3.91. The molecule has 0 spiro atoms. The van der Waals surface area contributed by atoms with Crippen molar-refractivity contribution in [3.8, 4) is 11.5 Å². The fraction of sp³-hybridized carbons (Fsp3) is 0.500. The van der Waals surface area contributed by atoms with Crippen molar-refractivity contribution < 1.29 is 9.47 Å². The third kappa shape index (κ3) is 6.10. The lowest BCUT2D eigenvalue weighted by molar-refractivity contribution is 0.354. The summed E-state index contributed by atoms with van der Waals surface area (Å²) in [6, 6.07) is 7.94. The Bertz CT molecular complexity index is 704. The zero-order chi connectivity index (χ0) is 18.9. The fourth-order valence-corrected chi connectivity index (χ4v) is 2.61. The Hall–Kier alpha value is -2.50. The van der Waals surface area contributed by atoms with E-state index < -0.39 is 0 Å². The Morgan fingerprint density at radius 2 is 1.58 bits per heavy atom. The molecule has 0 radical (unpaired) electrons. The van der Waals surface area contributed by atoms with Crippen LogP contribution < -0.4 is 20.1 Å². The van der Waals surface area contributed by atoms with Gasteiger partial charge in [-0.2, -0.15) is 0 Å². The summed E-state index contributed by atoms with van der Waals surface area (Å²) in [6.45, 7) is 8.03. The van der Waals surface area contributed by atoms with Crippen LogP contribution in [0.15, 0.2) is 24.3 Å². The first-order valence-corrected chi connectivity index (χ1v) is 9.06. The molecule has 0 amide bonds. The van der Waals surface area contributed by atoms with E-state index >= 15 is 0 Å². The zero-order valence-corrected chi connectivity index (χ0v) is 16.4. The molecule has 1 aromatic carbocycles. The van der Waals surface area contributed by atoms with Gasteiger partial charge in [0, 0.05) is 19.2 Å². The molecule has 0 bridgehead atoms. The number of methoxy groups -OCH3 is 2. The second kappa shape index (κ2) is 9.85. The van der Waals surface area contributed by atoms with Crippen molar-refractivity contribution in [3.63, 3.8) is 0 Å². The predicted molar refractivity (Wildman–Crippen MR) is 106 cm³/mol. The van der Waals surface area contributed by atoms with E-state index in [2.05, 4.69) is 34.4 Å². The maximum Gasteiger partial charge on any atom is 0.160 e. The van der Waals surface area contributed by atoms with Crippen LogP contribution in [0.5, 0.6) is 11.5 Å². The van der Waals surface area contributed by atoms with E-state index in [0.717, 1.165) is 54.9 Å². The number of nitrogens with zero attached hydrogens (tertiary/aromatic N) is 2. The van der Waals surface area contributed by atoms with E-state index in [1.54, 1.807) is 14.2 Å². The number of aryl methyl sites for hydroxylation is 1. The van der Waals surface area contributed by atoms with Crippen LogP contribution in [0, 0.1) is 12.8 Å². The van der Waals surface area contributed by atoms with E-state index in [0.29, 0.717) is 5.92 Å². The molecule has 0 aliphatic heterocycles. The van der Waals surface area contributed by atoms with Crippen molar-refractivity contribution in [3.05, 3.63) is 35.7 Å². The van der Waals surface area contributed by atoms with Gasteiger partial charge in [-0.3, -0.25) is 0 Å². The highest BCUT2D eigenvalue weighted by molar-refractivity contribution is 5.48. The topological polar surface area (TPSA) is 68.3 Å². The second-order valence-electron chi connectivity index (χ2n) is 6.66. The number of aromatic nitrogens is 2. The van der Waals surface area contributed by atoms with Gasteiger partial charge in [-0.25, -0.2) is 9.97 Å². The number of benzene rings is 1. The Morgan fingerprint density at radius 1 is 0.923 bits per heavy atom. The number of anilines is 2. The lowest BCUT2D eigenvalue weighted by atomic mass is 10.1. The quantitative estimate of drug-likeness (QED) is 0.671. The van der Waals surface area contributed by atoms with E-state index in [4.69, 9.17) is 9.47 Å². The van der Waals surface area contributed by atoms with Crippen LogP contribution in [0.2, 0.25) is 0 Å². The molecule has 2 rings (SSSR count). The van der Waals surface area contributed by atoms with Gasteiger partial charge in [-0.05, 0) is 43.4 Å². The van der Waals surface area contributed by atoms with Crippen LogP contribution in [0.4, 0.5) is 11.6 Å². The number of nitrogens with one attached hydrogen (secondary N) is 2. The maximum absolute atomic E-state index is 5.35. The number of hydrogen-bond donors (Lipinski definition) is 2. The van der Waals surface area contributed by atoms with Crippen LogP contribution in [0.3, 0.4) is 0 Å². The summed E-state index contributed by atoms with van der Waals surface area (Å²) in [4.78, 5) is 8.91. The molecule has 0 aliphatic carbocycles. The van der Waals surface area contributed by atoms with Crippen LogP contribution in [0.25, 0.3) is 0 Å². The van der Waals surface area contributed by atoms with Gasteiger partial charge in [0.15, 0.2) is 11.5 Å². The van der Waals surface area contributed by atoms with Gasteiger partial charge in [-0.1, -0.05) is 19.9 Å². The van der Waals surface area contributed by atoms with Crippen LogP contribution in [-0.2, 0) is 6.42 Å². The normalized spacial score (nSPS) is 10.7. The molecule has 1 aromatic heterocycles. The first-order chi connectivity index (χ1) is 12.5. The largest absolute Gasteiger partial charge is 0.493 e. The minimum atomic E-state index is 0.671. The summed E-state index contributed by atoms with van der Waals surface area (Å²) < 4.78 is 10.6. The highest BCUT2D eigenvalue weighted by Crippen LogP contribution is 2.27. The Balaban J connectivity index is 1.91. The lowest BCUT2D eigenvalue weighted by Gasteiger charge is -2.12. The minimum absolute atomic E-state index is 0.671. The average Bonchev–Trinajstić information content (AvgIpc) is 2.61. The monoisotopic (exact) mass is 358 g/mol. The van der Waals surface area contributed by atoms with Gasteiger partial charge in [0.2, 0.25) is 0 Å². The van der Waals surface area contributed by atoms with E-state index in [-0.39, 0.29) is 0 Å². The van der Waals surface area contributed by atoms with Crippen LogP contribution in [-0.4, -0.2) is 37.3 Å². The van der Waals surface area contributed by atoms with Crippen molar-refractivity contribution in [2.45, 2.75) is 33.6 Å². The van der Waals surface area contributed by atoms with Crippen LogP contribution >= 0.6 is 0 Å². The molecule has 26 heavy (non-hydrogen) atoms. The lowest BCUT2D eigenvalue weighted by Crippen LogP contribution is -2.11. The Labute approximate surface area is 156 Å². The molecule has 142 valence electrons. The summed E-state index contributed by atoms with van der Waals surface area (Å²) in [5, 5.41) is 6.75. The molecule has 0 aliphatic rings. The highest BCUT2D eigenvalue weighted by atomic mass is 16.5. The molecule has 2 N–H and O–H groups in total. The van der Waals surface area contributed by atoms with Gasteiger partial charge in [-0.15, -0.1) is 0 Å². The highest BCUT2D eigenvalue weighted by Gasteiger charge is 2.06. The van der Waals surface area contributed by atoms with Gasteiger partial charge in [0.1, 0.15) is 17.5 Å². The molecule has 0 atom stereocenters. The summed E-state index contributed by atoms with van der Waals surface area (Å²) in [6.07, 6.45) is 1.98. The fourth-order valence-electron chi connectivity index (χ4n) is 2.61. The van der Waals surface area contributed by atoms with Crippen molar-refractivity contribution in [2.75, 3.05) is 37.9 Å². The first kappa shape index (κ1) is 19.8. The van der Waals surface area contributed by atoms with Gasteiger partial charge in [0.25, 0.3) is 0 Å². The second-order valence-corrected chi connectivity index (χ2v) is 6.66. The van der Waals surface area contributed by atoms with E-state index in [1.807, 2.05) is 31.2 Å². The van der Waals surface area contributed by atoms with Crippen molar-refractivity contribution >= 4 is 11.6 Å². The Morgan fingerprint density at radius 3 is 2.19 bits per heavy atom. The smallest absolute Gasteiger partial charge is 0.160 e. The molecule has 1 heterocycles. The van der Waals surface area contributed by atoms with Crippen molar-refractivity contribution in [1.82, 2.24) is 9.97 Å². The van der Waals surface area contributed by atoms with Crippen LogP contribution in [0.1, 0.15) is 31.7 Å². The van der Waals surface area contributed by atoms with Gasteiger partial charge < -0.3 is 20.1 Å². The number of rotatable bonds is 10. The Kier molecular flexibility index (Phi) is 7.51. The number of ether oxygens (including phenoxy) is 2. The maximum atomic E-state index is 5.35. The first-order valence-electron chi connectivity index (χ1n) is 9.06. The minimum Gasteiger partial charge on any atom is -0.493 e. The van der Waals surface area contributed by atoms with Gasteiger partial charge >= 0.3 is 0 Å². The third-order valence-electron chi connectivity index (χ3n) is 4.03. The molecule has 6 nitrogen and oxygen atoms in total. The van der Waals surface area contributed by atoms with E-state index in [9.17, 15) is 0 Å².